The molecule has 0 radical (unpaired) electrons. The number of methoxy groups -OCH3 is 1. The average molecular weight is 241 g/mol. The van der Waals surface area contributed by atoms with Crippen LogP contribution in [0.2, 0.25) is 0 Å². The van der Waals surface area contributed by atoms with Crippen LogP contribution in [0.3, 0.4) is 0 Å². The zero-order valence-corrected chi connectivity index (χ0v) is 10.5. The van der Waals surface area contributed by atoms with Crippen molar-refractivity contribution < 1.29 is 4.74 Å². The molecule has 16 heavy (non-hydrogen) atoms. The molecule has 0 bridgehead atoms. The van der Waals surface area contributed by atoms with Gasteiger partial charge in [0.1, 0.15) is 5.82 Å². The third-order valence-electron chi connectivity index (χ3n) is 2.68. The average Bonchev–Trinajstić information content (AvgIpc) is 2.94. The minimum atomic E-state index is 0.590. The van der Waals surface area contributed by atoms with Crippen molar-refractivity contribution in [1.82, 2.24) is 15.3 Å². The van der Waals surface area contributed by atoms with E-state index in [1.807, 2.05) is 18.0 Å². The molecule has 1 fully saturated rings. The Kier molecular flexibility index (Phi) is 4.69. The molecule has 1 atom stereocenters. The van der Waals surface area contributed by atoms with Crippen molar-refractivity contribution in [3.8, 4) is 0 Å². The van der Waals surface area contributed by atoms with Crippen LogP contribution in [0.1, 0.15) is 29.6 Å². The van der Waals surface area contributed by atoms with Crippen molar-refractivity contribution in [2.75, 3.05) is 26.0 Å². The van der Waals surface area contributed by atoms with Crippen LogP contribution in [0.25, 0.3) is 0 Å². The molecule has 1 aliphatic heterocycles. The first-order valence-electron chi connectivity index (χ1n) is 5.75. The van der Waals surface area contributed by atoms with E-state index >= 15 is 0 Å². The molecule has 0 amide bonds. The van der Waals surface area contributed by atoms with Crippen LogP contribution in [0.15, 0.2) is 6.20 Å². The van der Waals surface area contributed by atoms with Crippen molar-refractivity contribution in [1.29, 1.82) is 0 Å². The molecule has 1 aromatic heterocycles. The molecular weight excluding hydrogens is 222 g/mol. The molecule has 1 saturated heterocycles. The summed E-state index contributed by atoms with van der Waals surface area (Å²) in [4.78, 5) is 7.85. The number of hydrogen-bond acceptors (Lipinski definition) is 4. The summed E-state index contributed by atoms with van der Waals surface area (Å²) in [5, 5.41) is 3.89. The minimum Gasteiger partial charge on any atom is -0.383 e. The van der Waals surface area contributed by atoms with E-state index in [1.165, 1.54) is 24.3 Å². The molecule has 0 saturated carbocycles. The van der Waals surface area contributed by atoms with Crippen LogP contribution in [-0.4, -0.2) is 36.0 Å². The number of hydrogen-bond donors (Lipinski definition) is 2. The van der Waals surface area contributed by atoms with E-state index < -0.39 is 0 Å². The lowest BCUT2D eigenvalue weighted by Crippen LogP contribution is -2.18. The Labute approximate surface area is 101 Å². The number of nitrogens with one attached hydrogen (secondary N) is 2. The van der Waals surface area contributed by atoms with E-state index in [1.54, 1.807) is 7.11 Å². The molecule has 0 aromatic carbocycles. The molecule has 1 aliphatic rings. The summed E-state index contributed by atoms with van der Waals surface area (Å²) in [7, 11) is 1.72. The molecule has 2 N–H and O–H groups in total. The lowest BCUT2D eigenvalue weighted by molar-refractivity contribution is 0.199. The van der Waals surface area contributed by atoms with Crippen LogP contribution in [0.5, 0.6) is 0 Å². The number of ether oxygens (including phenoxy) is 1. The maximum atomic E-state index is 4.97. The highest BCUT2D eigenvalue weighted by molar-refractivity contribution is 7.99. The second kappa shape index (κ2) is 6.27. The van der Waals surface area contributed by atoms with Crippen LogP contribution in [0.4, 0.5) is 0 Å². The zero-order chi connectivity index (χ0) is 11.2. The van der Waals surface area contributed by atoms with Gasteiger partial charge in [0.05, 0.1) is 11.9 Å². The number of imidazole rings is 1. The van der Waals surface area contributed by atoms with Crippen molar-refractivity contribution in [2.45, 2.75) is 24.6 Å². The normalized spacial score (nSPS) is 20.4. The number of nitrogens with zero attached hydrogens (tertiary/aromatic N) is 1. The van der Waals surface area contributed by atoms with Gasteiger partial charge in [-0.15, -0.1) is 0 Å². The van der Waals surface area contributed by atoms with Gasteiger partial charge in [-0.3, -0.25) is 0 Å². The quantitative estimate of drug-likeness (QED) is 0.745. The number of thioether (sulfide) groups is 1. The van der Waals surface area contributed by atoms with Crippen molar-refractivity contribution in [2.24, 2.45) is 0 Å². The van der Waals surface area contributed by atoms with Gasteiger partial charge >= 0.3 is 0 Å². The Balaban J connectivity index is 1.77. The molecule has 1 unspecified atom stereocenters. The molecular formula is C11H19N3OS. The van der Waals surface area contributed by atoms with Crippen LogP contribution >= 0.6 is 11.8 Å². The largest absolute Gasteiger partial charge is 0.383 e. The summed E-state index contributed by atoms with van der Waals surface area (Å²) >= 11 is 2.01. The maximum absolute atomic E-state index is 4.97. The predicted molar refractivity (Wildman–Crippen MR) is 66.6 cm³/mol. The Hall–Kier alpha value is -0.520. The number of aromatic amines is 1. The van der Waals surface area contributed by atoms with Gasteiger partial charge in [0.15, 0.2) is 0 Å². The highest BCUT2D eigenvalue weighted by Gasteiger charge is 2.20. The molecule has 4 nitrogen and oxygen atoms in total. The fourth-order valence-electron chi connectivity index (χ4n) is 1.82. The lowest BCUT2D eigenvalue weighted by atomic mass is 10.2. The Morgan fingerprint density at radius 2 is 2.62 bits per heavy atom. The van der Waals surface area contributed by atoms with E-state index in [0.717, 1.165) is 25.5 Å². The predicted octanol–water partition coefficient (Wildman–Crippen LogP) is 1.71. The van der Waals surface area contributed by atoms with Gasteiger partial charge in [-0.1, -0.05) is 0 Å². The summed E-state index contributed by atoms with van der Waals surface area (Å²) in [6.45, 7) is 2.47. The van der Waals surface area contributed by atoms with E-state index in [-0.39, 0.29) is 0 Å². The number of rotatable bonds is 6. The highest BCUT2D eigenvalue weighted by atomic mass is 32.2. The van der Waals surface area contributed by atoms with E-state index in [2.05, 4.69) is 15.3 Å². The van der Waals surface area contributed by atoms with Gasteiger partial charge in [0.2, 0.25) is 0 Å². The summed E-state index contributed by atoms with van der Waals surface area (Å²) in [5.41, 5.74) is 1.17. The summed E-state index contributed by atoms with van der Waals surface area (Å²) < 4.78 is 4.97. The summed E-state index contributed by atoms with van der Waals surface area (Å²) in [6, 6.07) is 0. The third kappa shape index (κ3) is 3.23. The van der Waals surface area contributed by atoms with Gasteiger partial charge in [0.25, 0.3) is 0 Å². The minimum absolute atomic E-state index is 0.590. The topological polar surface area (TPSA) is 49.9 Å². The Bertz CT molecular complexity index is 310. The molecule has 1 aromatic rings. The first-order valence-corrected chi connectivity index (χ1v) is 6.80. The molecule has 0 aliphatic carbocycles. The highest BCUT2D eigenvalue weighted by Crippen LogP contribution is 2.38. The van der Waals surface area contributed by atoms with Crippen LogP contribution in [0, 0.1) is 0 Å². The monoisotopic (exact) mass is 241 g/mol. The van der Waals surface area contributed by atoms with Gasteiger partial charge < -0.3 is 15.0 Å². The van der Waals surface area contributed by atoms with Gasteiger partial charge in [-0.2, -0.15) is 11.8 Å². The summed E-state index contributed by atoms with van der Waals surface area (Å²) in [5.74, 6) is 2.42. The second-order valence-corrected chi connectivity index (χ2v) is 5.28. The smallest absolute Gasteiger partial charge is 0.119 e. The molecule has 90 valence electrons. The van der Waals surface area contributed by atoms with E-state index in [4.69, 9.17) is 4.74 Å². The number of aromatic nitrogens is 2. The number of H-pyrrole nitrogens is 1. The van der Waals surface area contributed by atoms with E-state index in [0.29, 0.717) is 5.25 Å². The standard InChI is InChI=1S/C11H19N3OS/c1-15-5-4-12-7-9-8-13-11(14-9)10-3-2-6-16-10/h8,10,12H,2-7H2,1H3,(H,13,14). The SMILES string of the molecule is COCCNCc1cnc(C2CCCS2)[nH]1. The fraction of sp³-hybridized carbons (Fsp3) is 0.727. The Morgan fingerprint density at radius 1 is 1.69 bits per heavy atom. The first-order chi connectivity index (χ1) is 7.90. The van der Waals surface area contributed by atoms with Crippen LogP contribution in [-0.2, 0) is 11.3 Å². The van der Waals surface area contributed by atoms with Crippen LogP contribution < -0.4 is 5.32 Å². The summed E-state index contributed by atoms with van der Waals surface area (Å²) in [6.07, 6.45) is 4.51. The van der Waals surface area contributed by atoms with Gasteiger partial charge in [-0.05, 0) is 18.6 Å². The molecule has 2 rings (SSSR count). The van der Waals surface area contributed by atoms with Crippen molar-refractivity contribution in [3.63, 3.8) is 0 Å². The first kappa shape index (κ1) is 12.0. The molecule has 2 heterocycles. The lowest BCUT2D eigenvalue weighted by Gasteiger charge is -2.04. The third-order valence-corrected chi connectivity index (χ3v) is 4.07. The Morgan fingerprint density at radius 3 is 3.38 bits per heavy atom. The fourth-order valence-corrected chi connectivity index (χ4v) is 3.05. The van der Waals surface area contributed by atoms with Gasteiger partial charge in [-0.25, -0.2) is 4.98 Å². The maximum Gasteiger partial charge on any atom is 0.119 e. The van der Waals surface area contributed by atoms with Crippen molar-refractivity contribution >= 4 is 11.8 Å². The second-order valence-electron chi connectivity index (χ2n) is 3.96. The van der Waals surface area contributed by atoms with Crippen molar-refractivity contribution in [3.05, 3.63) is 17.7 Å². The zero-order valence-electron chi connectivity index (χ0n) is 9.66. The molecule has 0 spiro atoms. The van der Waals surface area contributed by atoms with Gasteiger partial charge in [0, 0.05) is 32.1 Å². The molecule has 5 heteroatoms. The van der Waals surface area contributed by atoms with E-state index in [9.17, 15) is 0 Å².